The van der Waals surface area contributed by atoms with Gasteiger partial charge in [0.25, 0.3) is 5.84 Å². The minimum absolute atomic E-state index is 1.09. The van der Waals surface area contributed by atoms with Crippen molar-refractivity contribution >= 4 is 5.84 Å². The van der Waals surface area contributed by atoms with E-state index in [0.717, 1.165) is 18.0 Å². The van der Waals surface area contributed by atoms with Crippen LogP contribution in [0.4, 0.5) is 0 Å². The van der Waals surface area contributed by atoms with Crippen LogP contribution in [0.1, 0.15) is 33.1 Å². The first kappa shape index (κ1) is 7.32. The van der Waals surface area contributed by atoms with Gasteiger partial charge < -0.3 is 0 Å². The fraction of sp³-hybridized carbons (Fsp3) is 0.625. The lowest BCUT2D eigenvalue weighted by Gasteiger charge is -1.91. The van der Waals surface area contributed by atoms with Crippen molar-refractivity contribution in [3.63, 3.8) is 0 Å². The number of aliphatic imine (C=N–C) groups is 1. The van der Waals surface area contributed by atoms with E-state index >= 15 is 0 Å². The predicted octanol–water partition coefficient (Wildman–Crippen LogP) is 1.38. The first-order valence-corrected chi connectivity index (χ1v) is 3.83. The Morgan fingerprint density at radius 1 is 1.60 bits per heavy atom. The molecule has 1 rings (SSSR count). The molecule has 1 aliphatic rings. The molecule has 1 N–H and O–H groups in total. The van der Waals surface area contributed by atoms with Crippen LogP contribution in [0.3, 0.4) is 0 Å². The maximum absolute atomic E-state index is 4.20. The van der Waals surface area contributed by atoms with Crippen LogP contribution in [-0.4, -0.2) is 5.84 Å². The second kappa shape index (κ2) is 3.40. The number of nitrogens with one attached hydrogen (secondary N) is 1. The summed E-state index contributed by atoms with van der Waals surface area (Å²) in [6.07, 6.45) is 5.43. The van der Waals surface area contributed by atoms with E-state index < -0.39 is 0 Å². The molecule has 0 aromatic carbocycles. The number of unbranched alkanes of at least 4 members (excludes halogenated alkanes) is 1. The largest absolute Gasteiger partial charge is 0.296 e. The van der Waals surface area contributed by atoms with Crippen molar-refractivity contribution in [2.24, 2.45) is 0 Å². The second-order valence-electron chi connectivity index (χ2n) is 2.62. The highest BCUT2D eigenvalue weighted by molar-refractivity contribution is 5.84. The molecule has 0 amide bonds. The summed E-state index contributed by atoms with van der Waals surface area (Å²) >= 11 is 0. The summed E-state index contributed by atoms with van der Waals surface area (Å²) < 4.78 is 0. The molecule has 0 aliphatic carbocycles. The van der Waals surface area contributed by atoms with E-state index in [4.69, 9.17) is 0 Å². The molecule has 0 spiro atoms. The molecule has 0 atom stereocenters. The molecular weight excluding hydrogens is 124 g/mol. The molecule has 1 aliphatic heterocycles. The van der Waals surface area contributed by atoms with Gasteiger partial charge in [0.1, 0.15) is 5.70 Å². The molecule has 0 unspecified atom stereocenters. The Morgan fingerprint density at radius 2 is 2.40 bits per heavy atom. The molecular formula is C8H14N2+. The third-order valence-corrected chi connectivity index (χ3v) is 1.52. The number of hydrogen-bond donors (Lipinski definition) is 1. The fourth-order valence-electron chi connectivity index (χ4n) is 0.938. The Labute approximate surface area is 62.0 Å². The molecule has 0 bridgehead atoms. The Hall–Kier alpha value is -0.790. The van der Waals surface area contributed by atoms with E-state index in [2.05, 4.69) is 17.2 Å². The minimum Gasteiger partial charge on any atom is -0.242 e. The maximum Gasteiger partial charge on any atom is 0.296 e. The first-order valence-electron chi connectivity index (χ1n) is 3.83. The van der Waals surface area contributed by atoms with Crippen molar-refractivity contribution in [3.8, 4) is 0 Å². The van der Waals surface area contributed by atoms with E-state index in [0.29, 0.717) is 0 Å². The summed E-state index contributed by atoms with van der Waals surface area (Å²) in [7, 11) is 0. The number of allylic oxidation sites excluding steroid dienone is 1. The van der Waals surface area contributed by atoms with Crippen molar-refractivity contribution in [2.75, 3.05) is 0 Å². The lowest BCUT2D eigenvalue weighted by molar-refractivity contribution is 0.820. The number of hydrogen-bond acceptors (Lipinski definition) is 2. The van der Waals surface area contributed by atoms with Crippen molar-refractivity contribution in [1.82, 2.24) is 10.3 Å². The maximum atomic E-state index is 4.20. The average Bonchev–Trinajstić information content (AvgIpc) is 2.31. The van der Waals surface area contributed by atoms with Crippen LogP contribution < -0.4 is 10.3 Å². The van der Waals surface area contributed by atoms with Gasteiger partial charge in [0.05, 0.1) is 6.42 Å². The minimum atomic E-state index is 1.09. The van der Waals surface area contributed by atoms with Crippen LogP contribution >= 0.6 is 0 Å². The van der Waals surface area contributed by atoms with Gasteiger partial charge in [-0.25, -0.2) is 5.32 Å². The van der Waals surface area contributed by atoms with Gasteiger partial charge in [-0.1, -0.05) is 18.3 Å². The monoisotopic (exact) mass is 138 g/mol. The third-order valence-electron chi connectivity index (χ3n) is 1.52. The molecule has 0 saturated carbocycles. The predicted molar refractivity (Wildman–Crippen MR) is 43.6 cm³/mol. The van der Waals surface area contributed by atoms with Gasteiger partial charge in [-0.05, 0) is 6.42 Å². The number of nitrogens with zero attached hydrogens (tertiary/aromatic N) is 1. The Morgan fingerprint density at radius 3 is 2.90 bits per heavy atom. The molecule has 2 heteroatoms. The Kier molecular flexibility index (Phi) is 2.49. The van der Waals surface area contributed by atoms with Gasteiger partial charge in [0, 0.05) is 6.92 Å². The summed E-state index contributed by atoms with van der Waals surface area (Å²) in [6, 6.07) is 0. The van der Waals surface area contributed by atoms with Gasteiger partial charge in [0.15, 0.2) is 6.20 Å². The van der Waals surface area contributed by atoms with E-state index in [9.17, 15) is 0 Å². The van der Waals surface area contributed by atoms with E-state index in [1.165, 1.54) is 12.8 Å². The summed E-state index contributed by atoms with van der Waals surface area (Å²) in [5, 5.41) is 3.20. The zero-order chi connectivity index (χ0) is 7.40. The van der Waals surface area contributed by atoms with Crippen LogP contribution in [0.2, 0.25) is 0 Å². The summed E-state index contributed by atoms with van der Waals surface area (Å²) in [6.45, 7) is 4.22. The lowest BCUT2D eigenvalue weighted by atomic mass is 10.2. The van der Waals surface area contributed by atoms with Crippen molar-refractivity contribution in [2.45, 2.75) is 33.1 Å². The smallest absolute Gasteiger partial charge is 0.242 e. The highest BCUT2D eigenvalue weighted by Crippen LogP contribution is 1.98. The standard InChI is InChI=1S/C8H14N2/c1-3-4-5-8-9-6-7(2)10-8/h6,10H,3-5H2,1-2H3/q+1. The molecule has 10 heavy (non-hydrogen) atoms. The molecule has 0 aromatic rings. The number of rotatable bonds is 3. The van der Waals surface area contributed by atoms with Gasteiger partial charge in [-0.3, -0.25) is 0 Å². The van der Waals surface area contributed by atoms with Crippen LogP contribution in [0.25, 0.3) is 0 Å². The van der Waals surface area contributed by atoms with Gasteiger partial charge in [0.2, 0.25) is 0 Å². The van der Waals surface area contributed by atoms with Crippen molar-refractivity contribution < 1.29 is 0 Å². The molecule has 55 valence electrons. The highest BCUT2D eigenvalue weighted by atomic mass is 15.0. The van der Waals surface area contributed by atoms with Crippen LogP contribution in [0.5, 0.6) is 0 Å². The summed E-state index contributed by atoms with van der Waals surface area (Å²) in [4.78, 5) is 4.20. The highest BCUT2D eigenvalue weighted by Gasteiger charge is 2.14. The van der Waals surface area contributed by atoms with Crippen molar-refractivity contribution in [1.29, 1.82) is 0 Å². The molecule has 0 aromatic heterocycles. The Bertz CT molecular complexity index is 168. The molecule has 1 heterocycles. The first-order chi connectivity index (χ1) is 4.83. The van der Waals surface area contributed by atoms with Gasteiger partial charge >= 0.3 is 0 Å². The van der Waals surface area contributed by atoms with E-state index in [1.807, 2.05) is 13.1 Å². The SMILES string of the molecule is CCCCC1=[N+]C=C(C)N1. The average molecular weight is 138 g/mol. The molecule has 2 nitrogen and oxygen atoms in total. The fourth-order valence-corrected chi connectivity index (χ4v) is 0.938. The quantitative estimate of drug-likeness (QED) is 0.626. The Balaban J connectivity index is 2.22. The summed E-state index contributed by atoms with van der Waals surface area (Å²) in [5.41, 5.74) is 1.16. The normalized spacial score (nSPS) is 16.2. The van der Waals surface area contributed by atoms with Crippen LogP contribution in [-0.2, 0) is 0 Å². The lowest BCUT2D eigenvalue weighted by Crippen LogP contribution is -2.18. The number of amidine groups is 1. The van der Waals surface area contributed by atoms with E-state index in [1.54, 1.807) is 0 Å². The van der Waals surface area contributed by atoms with E-state index in [-0.39, 0.29) is 0 Å². The zero-order valence-corrected chi connectivity index (χ0v) is 6.65. The zero-order valence-electron chi connectivity index (χ0n) is 6.65. The van der Waals surface area contributed by atoms with Crippen LogP contribution in [0.15, 0.2) is 11.9 Å². The van der Waals surface area contributed by atoms with Crippen molar-refractivity contribution in [3.05, 3.63) is 11.9 Å². The summed E-state index contributed by atoms with van der Waals surface area (Å²) in [5.74, 6) is 1.12. The third kappa shape index (κ3) is 1.87. The van der Waals surface area contributed by atoms with Gasteiger partial charge in [-0.15, -0.1) is 0 Å². The second-order valence-corrected chi connectivity index (χ2v) is 2.62. The topological polar surface area (TPSA) is 26.1 Å². The van der Waals surface area contributed by atoms with Crippen LogP contribution in [0, 0.1) is 0 Å². The molecule has 0 fully saturated rings. The molecule has 1 radical (unpaired) electrons. The molecule has 0 saturated heterocycles. The van der Waals surface area contributed by atoms with Gasteiger partial charge in [-0.2, -0.15) is 0 Å².